The molecule has 0 aromatic rings. The molecule has 0 bridgehead atoms. The van der Waals surface area contributed by atoms with Gasteiger partial charge in [0.25, 0.3) is 0 Å². The van der Waals surface area contributed by atoms with Gasteiger partial charge in [-0.1, -0.05) is 34.7 Å². The Bertz CT molecular complexity index is 154. The third-order valence-corrected chi connectivity index (χ3v) is 2.83. The van der Waals surface area contributed by atoms with Crippen molar-refractivity contribution < 1.29 is 9.47 Å². The second-order valence-corrected chi connectivity index (χ2v) is 4.65. The maximum Gasteiger partial charge on any atom is 0.157 e. The molecule has 0 aliphatic rings. The molecule has 0 aromatic heterocycles. The average Bonchev–Trinajstić information content (AvgIpc) is 2.28. The van der Waals surface area contributed by atoms with Gasteiger partial charge >= 0.3 is 0 Å². The normalized spacial score (nSPS) is 11.8. The molecule has 0 aliphatic heterocycles. The van der Waals surface area contributed by atoms with Crippen LogP contribution in [0.2, 0.25) is 0 Å². The van der Waals surface area contributed by atoms with Gasteiger partial charge in [0.1, 0.15) is 0 Å². The van der Waals surface area contributed by atoms with Gasteiger partial charge < -0.3 is 9.47 Å². The fourth-order valence-electron chi connectivity index (χ4n) is 1.46. The third-order valence-electron chi connectivity index (χ3n) is 2.21. The van der Waals surface area contributed by atoms with E-state index in [-0.39, 0.29) is 6.29 Å². The molecule has 0 spiro atoms. The molecule has 2 nitrogen and oxygen atoms in total. The average molecular weight is 340 g/mol. The summed E-state index contributed by atoms with van der Waals surface area (Å²) in [5, 5.41) is 0. The highest BCUT2D eigenvalue weighted by molar-refractivity contribution is 14.1. The van der Waals surface area contributed by atoms with Crippen LogP contribution in [0.1, 0.15) is 46.0 Å². The smallest absolute Gasteiger partial charge is 0.157 e. The number of hydrogen-bond donors (Lipinski definition) is 0. The largest absolute Gasteiger partial charge is 0.353 e. The zero-order valence-corrected chi connectivity index (χ0v) is 12.7. The number of hydrogen-bond acceptors (Lipinski definition) is 2. The van der Waals surface area contributed by atoms with Gasteiger partial charge in [-0.2, -0.15) is 0 Å². The van der Waals surface area contributed by atoms with E-state index in [2.05, 4.69) is 34.7 Å². The SMILES string of the molecule is CCOC(CCCC/C=C\CCI)OCC. The van der Waals surface area contributed by atoms with Crippen LogP contribution < -0.4 is 0 Å². The van der Waals surface area contributed by atoms with Crippen molar-refractivity contribution in [2.45, 2.75) is 52.2 Å². The first kappa shape index (κ1) is 16.4. The minimum atomic E-state index is 0.00771. The van der Waals surface area contributed by atoms with Gasteiger partial charge in [-0.3, -0.25) is 0 Å². The van der Waals surface area contributed by atoms with Crippen LogP contribution in [0.5, 0.6) is 0 Å². The Hall–Kier alpha value is 0.390. The third kappa shape index (κ3) is 10.9. The summed E-state index contributed by atoms with van der Waals surface area (Å²) < 4.78 is 12.2. The molecule has 0 heterocycles. The molecule has 0 unspecified atom stereocenters. The Kier molecular flexibility index (Phi) is 13.8. The summed E-state index contributed by atoms with van der Waals surface area (Å²) in [5.74, 6) is 0. The van der Waals surface area contributed by atoms with Crippen molar-refractivity contribution in [3.05, 3.63) is 12.2 Å². The first-order valence-corrected chi connectivity index (χ1v) is 7.81. The number of rotatable bonds is 11. The second-order valence-electron chi connectivity index (χ2n) is 3.57. The van der Waals surface area contributed by atoms with Gasteiger partial charge in [-0.05, 0) is 46.0 Å². The first-order valence-electron chi connectivity index (χ1n) is 6.29. The van der Waals surface area contributed by atoms with E-state index in [9.17, 15) is 0 Å². The molecule has 96 valence electrons. The summed E-state index contributed by atoms with van der Waals surface area (Å²) in [5.41, 5.74) is 0. The molecule has 0 N–H and O–H groups in total. The monoisotopic (exact) mass is 340 g/mol. The summed E-state index contributed by atoms with van der Waals surface area (Å²) in [6.45, 7) is 5.50. The van der Waals surface area contributed by atoms with E-state index in [1.165, 1.54) is 30.1 Å². The Balaban J connectivity index is 3.39. The summed E-state index contributed by atoms with van der Waals surface area (Å²) in [6, 6.07) is 0. The second kappa shape index (κ2) is 13.5. The molecule has 0 amide bonds. The molecule has 0 saturated heterocycles. The Labute approximate surface area is 114 Å². The highest BCUT2D eigenvalue weighted by Crippen LogP contribution is 2.09. The first-order chi connectivity index (χ1) is 7.85. The molecule has 0 fully saturated rings. The minimum absolute atomic E-state index is 0.00771. The quantitative estimate of drug-likeness (QED) is 0.183. The Morgan fingerprint density at radius 2 is 1.62 bits per heavy atom. The van der Waals surface area contributed by atoms with Crippen LogP contribution in [-0.4, -0.2) is 23.9 Å². The number of alkyl halides is 1. The molecule has 0 atom stereocenters. The molecule has 16 heavy (non-hydrogen) atoms. The predicted molar refractivity (Wildman–Crippen MR) is 78.2 cm³/mol. The van der Waals surface area contributed by atoms with Crippen LogP contribution in [0, 0.1) is 0 Å². The highest BCUT2D eigenvalue weighted by atomic mass is 127. The van der Waals surface area contributed by atoms with Gasteiger partial charge in [0.15, 0.2) is 6.29 Å². The van der Waals surface area contributed by atoms with Crippen molar-refractivity contribution in [1.29, 1.82) is 0 Å². The van der Waals surface area contributed by atoms with E-state index in [1.807, 2.05) is 13.8 Å². The molecule has 0 rings (SSSR count). The standard InChI is InChI=1S/C13H25IO2/c1-3-15-13(16-4-2)11-9-7-5-6-8-10-12-14/h6,8,13H,3-5,7,9-12H2,1-2H3/b8-6-. The van der Waals surface area contributed by atoms with Gasteiger partial charge in [0, 0.05) is 17.6 Å². The molecule has 0 aromatic carbocycles. The zero-order chi connectivity index (χ0) is 12.1. The topological polar surface area (TPSA) is 18.5 Å². The van der Waals surface area contributed by atoms with E-state index in [0.29, 0.717) is 0 Å². The van der Waals surface area contributed by atoms with E-state index < -0.39 is 0 Å². The summed E-state index contributed by atoms with van der Waals surface area (Å²) in [4.78, 5) is 0. The maximum atomic E-state index is 5.49. The van der Waals surface area contributed by atoms with Crippen molar-refractivity contribution in [3.63, 3.8) is 0 Å². The van der Waals surface area contributed by atoms with Crippen LogP contribution in [0.25, 0.3) is 0 Å². The molecular formula is C13H25IO2. The number of allylic oxidation sites excluding steroid dienone is 2. The lowest BCUT2D eigenvalue weighted by molar-refractivity contribution is -0.140. The summed E-state index contributed by atoms with van der Waals surface area (Å²) >= 11 is 2.40. The van der Waals surface area contributed by atoms with Crippen LogP contribution in [0.3, 0.4) is 0 Å². The summed E-state index contributed by atoms with van der Waals surface area (Å²) in [6.07, 6.45) is 10.4. The van der Waals surface area contributed by atoms with Gasteiger partial charge in [-0.15, -0.1) is 0 Å². The van der Waals surface area contributed by atoms with E-state index in [0.717, 1.165) is 19.6 Å². The van der Waals surface area contributed by atoms with Gasteiger partial charge in [0.2, 0.25) is 0 Å². The number of unbranched alkanes of at least 4 members (excludes halogenated alkanes) is 2. The lowest BCUT2D eigenvalue weighted by Gasteiger charge is -2.16. The van der Waals surface area contributed by atoms with Crippen LogP contribution in [0.4, 0.5) is 0 Å². The lowest BCUT2D eigenvalue weighted by atomic mass is 10.2. The highest BCUT2D eigenvalue weighted by Gasteiger charge is 2.06. The molecule has 0 radical (unpaired) electrons. The molecule has 0 aliphatic carbocycles. The van der Waals surface area contributed by atoms with E-state index in [1.54, 1.807) is 0 Å². The van der Waals surface area contributed by atoms with Crippen molar-refractivity contribution in [3.8, 4) is 0 Å². The van der Waals surface area contributed by atoms with Gasteiger partial charge in [-0.25, -0.2) is 0 Å². The van der Waals surface area contributed by atoms with E-state index in [4.69, 9.17) is 9.47 Å². The van der Waals surface area contributed by atoms with Crippen molar-refractivity contribution in [2.24, 2.45) is 0 Å². The van der Waals surface area contributed by atoms with Crippen molar-refractivity contribution in [1.82, 2.24) is 0 Å². The van der Waals surface area contributed by atoms with Gasteiger partial charge in [0.05, 0.1) is 0 Å². The fraction of sp³-hybridized carbons (Fsp3) is 0.846. The predicted octanol–water partition coefficient (Wildman–Crippen LogP) is 4.33. The Morgan fingerprint density at radius 1 is 1.00 bits per heavy atom. The molecule has 0 saturated carbocycles. The lowest BCUT2D eigenvalue weighted by Crippen LogP contribution is -2.17. The number of halogens is 1. The molecule has 3 heteroatoms. The maximum absolute atomic E-state index is 5.49. The molecular weight excluding hydrogens is 315 g/mol. The van der Waals surface area contributed by atoms with Crippen molar-refractivity contribution >= 4 is 22.6 Å². The van der Waals surface area contributed by atoms with Crippen LogP contribution in [-0.2, 0) is 9.47 Å². The van der Waals surface area contributed by atoms with Crippen LogP contribution >= 0.6 is 22.6 Å². The van der Waals surface area contributed by atoms with Crippen molar-refractivity contribution in [2.75, 3.05) is 17.6 Å². The Morgan fingerprint density at radius 3 is 2.19 bits per heavy atom. The zero-order valence-electron chi connectivity index (χ0n) is 10.6. The fourth-order valence-corrected chi connectivity index (χ4v) is 1.82. The number of ether oxygens (including phenoxy) is 2. The summed E-state index contributed by atoms with van der Waals surface area (Å²) in [7, 11) is 0. The van der Waals surface area contributed by atoms with E-state index >= 15 is 0 Å². The van der Waals surface area contributed by atoms with Crippen LogP contribution in [0.15, 0.2) is 12.2 Å². The minimum Gasteiger partial charge on any atom is -0.353 e.